The summed E-state index contributed by atoms with van der Waals surface area (Å²) in [6, 6.07) is 0.333. The van der Waals surface area contributed by atoms with Crippen molar-refractivity contribution >= 4 is 23.1 Å². The minimum atomic E-state index is 0. The third-order valence-corrected chi connectivity index (χ3v) is 0. The van der Waals surface area contributed by atoms with E-state index in [0.29, 0.717) is 6.04 Å². The van der Waals surface area contributed by atoms with Crippen LogP contribution in [0.3, 0.4) is 0 Å². The third kappa shape index (κ3) is 121. The smallest absolute Gasteiger partial charge is 1.00 e. The molecule has 0 aromatic carbocycles. The first-order valence-electron chi connectivity index (χ1n) is 1.49. The van der Waals surface area contributed by atoms with Gasteiger partial charge in [0.1, 0.15) is 0 Å². The molecule has 42 valence electrons. The van der Waals surface area contributed by atoms with Gasteiger partial charge in [-0.2, -0.15) is 0 Å². The van der Waals surface area contributed by atoms with Gasteiger partial charge in [0.15, 0.2) is 0 Å². The molecule has 0 bridgehead atoms. The number of hydrogen-bond acceptors (Lipinski definition) is 1. The van der Waals surface area contributed by atoms with Gasteiger partial charge in [0.25, 0.3) is 0 Å². The Kier molecular flexibility index (Phi) is 53.5. The van der Waals surface area contributed by atoms with E-state index >= 15 is 0 Å². The van der Waals surface area contributed by atoms with Crippen LogP contribution in [0.4, 0.5) is 0 Å². The molecule has 0 radical (unpaired) electrons. The van der Waals surface area contributed by atoms with Gasteiger partial charge in [-0.1, -0.05) is 13.8 Å². The summed E-state index contributed by atoms with van der Waals surface area (Å²) in [5.74, 6) is 0. The number of hydrogen-bond donors (Lipinski definition) is 1. The van der Waals surface area contributed by atoms with Gasteiger partial charge in [-0.3, -0.25) is 0 Å². The summed E-state index contributed by atoms with van der Waals surface area (Å²) in [6.45, 7) is 3.89. The second kappa shape index (κ2) is 15.7. The van der Waals surface area contributed by atoms with Crippen LogP contribution in [-0.4, -0.2) is 29.1 Å². The Morgan fingerprint density at radius 3 is 1.14 bits per heavy atom. The Hall–Kier alpha value is 1.31. The second-order valence-electron chi connectivity index (χ2n) is 1.24. The molecule has 0 atom stereocenters. The molecule has 0 spiro atoms. The maximum Gasteiger partial charge on any atom is 2.00 e. The average Bonchev–Trinajstić information content (AvgIpc) is 0.811. The van der Waals surface area contributed by atoms with Crippen LogP contribution in [0.2, 0.25) is 0 Å². The molecule has 0 aliphatic heterocycles. The summed E-state index contributed by atoms with van der Waals surface area (Å²) < 4.78 is 0. The van der Waals surface area contributed by atoms with Crippen LogP contribution in [0.25, 0.3) is 0 Å². The van der Waals surface area contributed by atoms with Crippen molar-refractivity contribution in [1.29, 1.82) is 0 Å². The zero-order valence-electron chi connectivity index (χ0n) is 4.62. The van der Waals surface area contributed by atoms with Gasteiger partial charge in [0.2, 0.25) is 0 Å². The van der Waals surface area contributed by atoms with E-state index in [-0.39, 0.29) is 47.9 Å². The maximum atomic E-state index is 5.11. The molecular weight excluding hydrogens is 145 g/mol. The molecule has 0 aliphatic rings. The summed E-state index contributed by atoms with van der Waals surface area (Å²) in [5, 5.41) is 0. The van der Waals surface area contributed by atoms with Gasteiger partial charge in [0, 0.05) is 0 Å². The van der Waals surface area contributed by atoms with Gasteiger partial charge >= 0.3 is 23.1 Å². The molecule has 0 aliphatic carbocycles. The Balaban J connectivity index is -0.0000000150. The molecule has 0 saturated heterocycles. The minimum Gasteiger partial charge on any atom is -1.00 e. The summed E-state index contributed by atoms with van der Waals surface area (Å²) in [7, 11) is 0. The topological polar surface area (TPSA) is 26.0 Å². The van der Waals surface area contributed by atoms with E-state index in [4.69, 9.17) is 5.73 Å². The van der Waals surface area contributed by atoms with E-state index in [1.54, 1.807) is 0 Å². The van der Waals surface area contributed by atoms with Gasteiger partial charge < -0.3 is 30.5 Å². The first kappa shape index (κ1) is 23.9. The third-order valence-electron chi connectivity index (χ3n) is 0. The van der Waals surface area contributed by atoms with Crippen molar-refractivity contribution in [3.63, 3.8) is 0 Å². The van der Waals surface area contributed by atoms with Gasteiger partial charge in [-0.05, 0) is 6.04 Å². The predicted molar refractivity (Wildman–Crippen MR) is 25.1 cm³/mol. The van der Waals surface area contributed by atoms with Crippen LogP contribution in [-0.2, 0) is 0 Å². The minimum absolute atomic E-state index is 0. The van der Waals surface area contributed by atoms with E-state index in [2.05, 4.69) is 0 Å². The predicted octanol–water partition coefficient (Wildman–Crippen LogP) is -6.02. The largest absolute Gasteiger partial charge is 2.00 e. The first-order chi connectivity index (χ1) is 1.73. The van der Waals surface area contributed by atoms with Crippen LogP contribution in [0.1, 0.15) is 13.8 Å². The van der Waals surface area contributed by atoms with E-state index < -0.39 is 0 Å². The monoisotopic (exact) mass is 153 g/mol. The molecule has 0 saturated carbocycles. The van der Waals surface area contributed by atoms with E-state index in [0.717, 1.165) is 0 Å². The molecule has 2 N–H and O–H groups in total. The molecule has 0 aromatic rings. The molecule has 0 heterocycles. The molecule has 7 heavy (non-hydrogen) atoms. The number of halogens is 2. The second-order valence-corrected chi connectivity index (χ2v) is 1.24. The fourth-order valence-corrected chi connectivity index (χ4v) is 0. The van der Waals surface area contributed by atoms with Crippen molar-refractivity contribution in [2.75, 3.05) is 0 Å². The van der Waals surface area contributed by atoms with Gasteiger partial charge in [-0.25, -0.2) is 0 Å². The Morgan fingerprint density at radius 2 is 1.14 bits per heavy atom. The molecule has 4 heteroatoms. The quantitative estimate of drug-likeness (QED) is 0.345. The van der Waals surface area contributed by atoms with Crippen molar-refractivity contribution in [1.82, 2.24) is 0 Å². The number of nitrogens with two attached hydrogens (primary N) is 1. The van der Waals surface area contributed by atoms with Crippen molar-refractivity contribution < 1.29 is 24.8 Å². The maximum absolute atomic E-state index is 5.11. The van der Waals surface area contributed by atoms with Crippen molar-refractivity contribution in [2.24, 2.45) is 5.73 Å². The van der Waals surface area contributed by atoms with Crippen molar-refractivity contribution in [2.45, 2.75) is 19.9 Å². The molecule has 0 unspecified atom stereocenters. The van der Waals surface area contributed by atoms with E-state index in [1.807, 2.05) is 13.8 Å². The van der Waals surface area contributed by atoms with Crippen molar-refractivity contribution in [3.05, 3.63) is 0 Å². The number of rotatable bonds is 0. The molecule has 1 nitrogen and oxygen atoms in total. The zero-order valence-corrected chi connectivity index (χ0v) is 7.54. The molecule has 0 amide bonds. The molecular formula is C3H9Cl2MgN. The normalized spacial score (nSPS) is 5.14. The molecule has 0 aromatic heterocycles. The van der Waals surface area contributed by atoms with Gasteiger partial charge in [-0.15, -0.1) is 0 Å². The van der Waals surface area contributed by atoms with E-state index in [1.165, 1.54) is 0 Å². The SMILES string of the molecule is CC(C)N.[Cl-].[Cl-].[Mg+2]. The van der Waals surface area contributed by atoms with Crippen LogP contribution in [0.5, 0.6) is 0 Å². The Labute approximate surface area is 73.4 Å². The fourth-order valence-electron chi connectivity index (χ4n) is 0. The summed E-state index contributed by atoms with van der Waals surface area (Å²) >= 11 is 0. The summed E-state index contributed by atoms with van der Waals surface area (Å²) in [4.78, 5) is 0. The van der Waals surface area contributed by atoms with E-state index in [9.17, 15) is 0 Å². The zero-order chi connectivity index (χ0) is 3.58. The Bertz CT molecular complexity index is 17.7. The standard InChI is InChI=1S/C3H9N.2ClH.Mg/c1-3(2)4;;;/h3H,4H2,1-2H3;2*1H;/q;;;+2/p-2. The summed E-state index contributed by atoms with van der Waals surface area (Å²) in [6.07, 6.45) is 0. The van der Waals surface area contributed by atoms with Gasteiger partial charge in [0.05, 0.1) is 0 Å². The van der Waals surface area contributed by atoms with Crippen molar-refractivity contribution in [3.8, 4) is 0 Å². The average molecular weight is 154 g/mol. The fraction of sp³-hybridized carbons (Fsp3) is 1.00. The Morgan fingerprint density at radius 1 is 1.14 bits per heavy atom. The van der Waals surface area contributed by atoms with Crippen LogP contribution >= 0.6 is 0 Å². The molecule has 0 rings (SSSR count). The molecule has 0 fully saturated rings. The van der Waals surface area contributed by atoms with Crippen LogP contribution in [0.15, 0.2) is 0 Å². The first-order valence-corrected chi connectivity index (χ1v) is 1.49. The van der Waals surface area contributed by atoms with Crippen LogP contribution in [0, 0.1) is 0 Å². The van der Waals surface area contributed by atoms with Crippen LogP contribution < -0.4 is 30.5 Å². The summed E-state index contributed by atoms with van der Waals surface area (Å²) in [5.41, 5.74) is 5.11.